The van der Waals surface area contributed by atoms with Crippen molar-refractivity contribution in [1.82, 2.24) is 4.98 Å². The van der Waals surface area contributed by atoms with Crippen molar-refractivity contribution < 1.29 is 9.66 Å². The molecule has 18 heavy (non-hydrogen) atoms. The van der Waals surface area contributed by atoms with Gasteiger partial charge in [-0.25, -0.2) is 0 Å². The highest BCUT2D eigenvalue weighted by molar-refractivity contribution is 9.10. The average Bonchev–Trinajstić information content (AvgIpc) is 2.37. The maximum Gasteiger partial charge on any atom is 0.283 e. The summed E-state index contributed by atoms with van der Waals surface area (Å²) >= 11 is 3.14. The number of nitro benzene ring substituents is 1. The van der Waals surface area contributed by atoms with Crippen molar-refractivity contribution in [1.29, 1.82) is 0 Å². The number of aromatic nitrogens is 1. The predicted octanol–water partition coefficient (Wildman–Crippen LogP) is 3.33. The third-order valence-corrected chi connectivity index (χ3v) is 2.86. The van der Waals surface area contributed by atoms with E-state index in [-0.39, 0.29) is 5.69 Å². The Kier molecular flexibility index (Phi) is 3.88. The summed E-state index contributed by atoms with van der Waals surface area (Å²) < 4.78 is 5.89. The fourth-order valence-electron chi connectivity index (χ4n) is 1.37. The molecule has 0 unspecified atom stereocenters. The fraction of sp³-hybridized carbons (Fsp3) is 0.0833. The van der Waals surface area contributed by atoms with Crippen LogP contribution in [0.5, 0.6) is 5.75 Å². The number of nitro groups is 1. The molecule has 0 aliphatic carbocycles. The first-order valence-electron chi connectivity index (χ1n) is 5.13. The van der Waals surface area contributed by atoms with Crippen LogP contribution in [0.25, 0.3) is 0 Å². The van der Waals surface area contributed by atoms with Gasteiger partial charge in [-0.15, -0.1) is 0 Å². The molecule has 0 spiro atoms. The lowest BCUT2D eigenvalue weighted by Crippen LogP contribution is -1.98. The minimum atomic E-state index is -0.452. The molecular formula is C12H9BrN2O3. The number of hydrogen-bond acceptors (Lipinski definition) is 4. The molecule has 0 aliphatic rings. The van der Waals surface area contributed by atoms with E-state index in [0.29, 0.717) is 16.8 Å². The quantitative estimate of drug-likeness (QED) is 0.642. The van der Waals surface area contributed by atoms with E-state index in [0.717, 1.165) is 5.69 Å². The number of rotatable bonds is 4. The second kappa shape index (κ2) is 5.59. The van der Waals surface area contributed by atoms with E-state index < -0.39 is 4.92 Å². The lowest BCUT2D eigenvalue weighted by Gasteiger charge is -2.06. The summed E-state index contributed by atoms with van der Waals surface area (Å²) in [7, 11) is 0. The molecule has 0 saturated heterocycles. The van der Waals surface area contributed by atoms with E-state index in [1.165, 1.54) is 6.07 Å². The molecule has 0 fully saturated rings. The van der Waals surface area contributed by atoms with E-state index in [1.807, 2.05) is 18.2 Å². The number of hydrogen-bond donors (Lipinski definition) is 0. The lowest BCUT2D eigenvalue weighted by molar-refractivity contribution is -0.385. The molecule has 0 aliphatic heterocycles. The van der Waals surface area contributed by atoms with E-state index >= 15 is 0 Å². The van der Waals surface area contributed by atoms with Crippen LogP contribution in [-0.2, 0) is 6.61 Å². The smallest absolute Gasteiger partial charge is 0.283 e. The average molecular weight is 309 g/mol. The van der Waals surface area contributed by atoms with Crippen molar-refractivity contribution in [2.45, 2.75) is 6.61 Å². The first-order valence-corrected chi connectivity index (χ1v) is 5.93. The van der Waals surface area contributed by atoms with Crippen LogP contribution in [0.2, 0.25) is 0 Å². The Labute approximate surface area is 112 Å². The summed E-state index contributed by atoms with van der Waals surface area (Å²) in [6.45, 7) is 0.324. The lowest BCUT2D eigenvalue weighted by atomic mass is 10.3. The molecule has 0 bridgehead atoms. The van der Waals surface area contributed by atoms with Gasteiger partial charge in [0, 0.05) is 18.3 Å². The van der Waals surface area contributed by atoms with Crippen LogP contribution in [0, 0.1) is 10.1 Å². The Morgan fingerprint density at radius 3 is 2.78 bits per heavy atom. The van der Waals surface area contributed by atoms with Crippen molar-refractivity contribution in [3.05, 3.63) is 62.9 Å². The zero-order chi connectivity index (χ0) is 13.0. The van der Waals surface area contributed by atoms with Crippen LogP contribution in [0.3, 0.4) is 0 Å². The number of benzene rings is 1. The SMILES string of the molecule is O=[N+]([O-])c1ccc(OCc2ccccn2)cc1Br. The van der Waals surface area contributed by atoms with Gasteiger partial charge in [-0.2, -0.15) is 0 Å². The molecule has 0 N–H and O–H groups in total. The number of ether oxygens (including phenoxy) is 1. The van der Waals surface area contributed by atoms with Crippen molar-refractivity contribution >= 4 is 21.6 Å². The summed E-state index contributed by atoms with van der Waals surface area (Å²) in [4.78, 5) is 14.3. The summed E-state index contributed by atoms with van der Waals surface area (Å²) in [5.41, 5.74) is 0.812. The summed E-state index contributed by atoms with van der Waals surface area (Å²) in [5.74, 6) is 0.554. The topological polar surface area (TPSA) is 65.3 Å². The van der Waals surface area contributed by atoms with E-state index in [1.54, 1.807) is 18.3 Å². The molecule has 0 atom stereocenters. The monoisotopic (exact) mass is 308 g/mol. The Bertz CT molecular complexity index is 561. The van der Waals surface area contributed by atoms with Gasteiger partial charge in [0.15, 0.2) is 0 Å². The highest BCUT2D eigenvalue weighted by atomic mass is 79.9. The minimum Gasteiger partial charge on any atom is -0.487 e. The van der Waals surface area contributed by atoms with Gasteiger partial charge in [-0.05, 0) is 34.1 Å². The van der Waals surface area contributed by atoms with Gasteiger partial charge in [0.05, 0.1) is 15.1 Å². The molecule has 2 aromatic rings. The summed E-state index contributed by atoms with van der Waals surface area (Å²) in [6.07, 6.45) is 1.68. The third-order valence-electron chi connectivity index (χ3n) is 2.23. The van der Waals surface area contributed by atoms with Crippen LogP contribution in [-0.4, -0.2) is 9.91 Å². The number of nitrogens with zero attached hydrogens (tertiary/aromatic N) is 2. The van der Waals surface area contributed by atoms with Gasteiger partial charge < -0.3 is 4.74 Å². The number of pyridine rings is 1. The standard InChI is InChI=1S/C12H9BrN2O3/c13-11-7-10(4-5-12(11)15(16)17)18-8-9-3-1-2-6-14-9/h1-7H,8H2. The van der Waals surface area contributed by atoms with Crippen LogP contribution in [0.15, 0.2) is 47.1 Å². The Balaban J connectivity index is 2.07. The van der Waals surface area contributed by atoms with Crippen LogP contribution in [0.4, 0.5) is 5.69 Å². The van der Waals surface area contributed by atoms with E-state index in [4.69, 9.17) is 4.74 Å². The van der Waals surface area contributed by atoms with Gasteiger partial charge in [-0.1, -0.05) is 6.07 Å². The molecule has 1 heterocycles. The maximum absolute atomic E-state index is 10.6. The van der Waals surface area contributed by atoms with Crippen LogP contribution < -0.4 is 4.74 Å². The molecule has 0 radical (unpaired) electrons. The van der Waals surface area contributed by atoms with E-state index in [2.05, 4.69) is 20.9 Å². The van der Waals surface area contributed by atoms with Crippen molar-refractivity contribution in [2.75, 3.05) is 0 Å². The zero-order valence-electron chi connectivity index (χ0n) is 9.25. The molecule has 6 heteroatoms. The van der Waals surface area contributed by atoms with Crippen molar-refractivity contribution in [3.8, 4) is 5.75 Å². The molecule has 92 valence electrons. The molecule has 0 amide bonds. The van der Waals surface area contributed by atoms with Gasteiger partial charge in [0.25, 0.3) is 5.69 Å². The molecular weight excluding hydrogens is 300 g/mol. The summed E-state index contributed by atoms with van der Waals surface area (Å²) in [5, 5.41) is 10.6. The van der Waals surface area contributed by atoms with Crippen LogP contribution in [0.1, 0.15) is 5.69 Å². The molecule has 2 rings (SSSR count). The second-order valence-corrected chi connectivity index (χ2v) is 4.33. The second-order valence-electron chi connectivity index (χ2n) is 3.48. The van der Waals surface area contributed by atoms with Gasteiger partial charge in [-0.3, -0.25) is 15.1 Å². The Morgan fingerprint density at radius 2 is 2.17 bits per heavy atom. The Morgan fingerprint density at radius 1 is 1.33 bits per heavy atom. The van der Waals surface area contributed by atoms with Crippen molar-refractivity contribution in [2.24, 2.45) is 0 Å². The third kappa shape index (κ3) is 3.04. The van der Waals surface area contributed by atoms with Gasteiger partial charge >= 0.3 is 0 Å². The minimum absolute atomic E-state index is 0.0141. The van der Waals surface area contributed by atoms with Gasteiger partial charge in [0.2, 0.25) is 0 Å². The highest BCUT2D eigenvalue weighted by Gasteiger charge is 2.12. The highest BCUT2D eigenvalue weighted by Crippen LogP contribution is 2.29. The van der Waals surface area contributed by atoms with E-state index in [9.17, 15) is 10.1 Å². The maximum atomic E-state index is 10.6. The summed E-state index contributed by atoms with van der Waals surface area (Å²) in [6, 6.07) is 10.1. The molecule has 1 aromatic carbocycles. The molecule has 1 aromatic heterocycles. The normalized spacial score (nSPS) is 10.1. The zero-order valence-corrected chi connectivity index (χ0v) is 10.8. The van der Waals surface area contributed by atoms with Gasteiger partial charge in [0.1, 0.15) is 12.4 Å². The predicted molar refractivity (Wildman–Crippen MR) is 69.4 cm³/mol. The van der Waals surface area contributed by atoms with Crippen molar-refractivity contribution in [3.63, 3.8) is 0 Å². The van der Waals surface area contributed by atoms with Crippen LogP contribution >= 0.6 is 15.9 Å². The first kappa shape index (κ1) is 12.5. The fourth-order valence-corrected chi connectivity index (χ4v) is 1.87. The molecule has 0 saturated carbocycles. The number of halogens is 1. The Hall–Kier alpha value is -1.95. The molecule has 5 nitrogen and oxygen atoms in total. The largest absolute Gasteiger partial charge is 0.487 e. The first-order chi connectivity index (χ1) is 8.66.